The van der Waals surface area contributed by atoms with Crippen molar-refractivity contribution in [2.45, 2.75) is 19.4 Å². The summed E-state index contributed by atoms with van der Waals surface area (Å²) < 4.78 is 5.57. The molecule has 2 amide bonds. The number of nitriles is 1. The topological polar surface area (TPSA) is 85.7 Å². The summed E-state index contributed by atoms with van der Waals surface area (Å²) in [5.41, 5.74) is 3.75. The Kier molecular flexibility index (Phi) is 5.96. The molecule has 0 unspecified atom stereocenters. The maximum absolute atomic E-state index is 12.8. The van der Waals surface area contributed by atoms with Gasteiger partial charge in [0.05, 0.1) is 12.7 Å². The van der Waals surface area contributed by atoms with Crippen LogP contribution in [0.3, 0.4) is 0 Å². The minimum Gasteiger partial charge on any atom is -0.493 e. The zero-order valence-corrected chi connectivity index (χ0v) is 16.8. The number of carbonyl (C=O) groups is 2. The number of rotatable bonds is 5. The smallest absolute Gasteiger partial charge is 0.253 e. The second kappa shape index (κ2) is 8.97. The van der Waals surface area contributed by atoms with Gasteiger partial charge in [-0.1, -0.05) is 12.1 Å². The third-order valence-electron chi connectivity index (χ3n) is 5.47. The SMILES string of the molecule is N#CCC(=O)Nc1ccc(C(=O)N2CCN(Cc3ccc4c(c3)CCO4)CC2)cc1. The van der Waals surface area contributed by atoms with E-state index in [0.717, 1.165) is 38.4 Å². The molecule has 7 nitrogen and oxygen atoms in total. The molecule has 4 rings (SSSR count). The molecule has 154 valence electrons. The van der Waals surface area contributed by atoms with Gasteiger partial charge in [0.25, 0.3) is 5.91 Å². The lowest BCUT2D eigenvalue weighted by Gasteiger charge is -2.35. The van der Waals surface area contributed by atoms with Gasteiger partial charge in [-0.25, -0.2) is 0 Å². The van der Waals surface area contributed by atoms with E-state index >= 15 is 0 Å². The summed E-state index contributed by atoms with van der Waals surface area (Å²) in [5, 5.41) is 11.2. The Balaban J connectivity index is 1.29. The fourth-order valence-corrected chi connectivity index (χ4v) is 3.86. The summed E-state index contributed by atoms with van der Waals surface area (Å²) >= 11 is 0. The molecule has 0 bridgehead atoms. The first-order valence-corrected chi connectivity index (χ1v) is 10.2. The Hall–Kier alpha value is -3.37. The normalized spacial score (nSPS) is 15.8. The van der Waals surface area contributed by atoms with Crippen molar-refractivity contribution in [2.24, 2.45) is 0 Å². The van der Waals surface area contributed by atoms with Gasteiger partial charge in [-0.05, 0) is 41.5 Å². The van der Waals surface area contributed by atoms with Gasteiger partial charge in [-0.3, -0.25) is 14.5 Å². The van der Waals surface area contributed by atoms with Crippen LogP contribution in [-0.2, 0) is 17.8 Å². The van der Waals surface area contributed by atoms with Gasteiger partial charge in [-0.2, -0.15) is 5.26 Å². The number of carbonyl (C=O) groups excluding carboxylic acids is 2. The molecular weight excluding hydrogens is 380 g/mol. The second-order valence-electron chi connectivity index (χ2n) is 7.57. The van der Waals surface area contributed by atoms with Gasteiger partial charge in [0, 0.05) is 50.4 Å². The Morgan fingerprint density at radius 1 is 1.07 bits per heavy atom. The van der Waals surface area contributed by atoms with Crippen molar-refractivity contribution in [1.29, 1.82) is 5.26 Å². The molecule has 30 heavy (non-hydrogen) atoms. The number of ether oxygens (including phenoxy) is 1. The number of amides is 2. The van der Waals surface area contributed by atoms with Crippen LogP contribution in [0.2, 0.25) is 0 Å². The van der Waals surface area contributed by atoms with Crippen molar-refractivity contribution < 1.29 is 14.3 Å². The van der Waals surface area contributed by atoms with Gasteiger partial charge in [0.2, 0.25) is 5.91 Å². The lowest BCUT2D eigenvalue weighted by molar-refractivity contribution is -0.115. The first-order valence-electron chi connectivity index (χ1n) is 10.2. The van der Waals surface area contributed by atoms with Crippen LogP contribution < -0.4 is 10.1 Å². The fraction of sp³-hybridized carbons (Fsp3) is 0.348. The molecule has 2 aliphatic rings. The zero-order chi connectivity index (χ0) is 20.9. The van der Waals surface area contributed by atoms with Gasteiger partial charge in [0.1, 0.15) is 12.2 Å². The molecule has 1 fully saturated rings. The van der Waals surface area contributed by atoms with Crippen LogP contribution in [0.25, 0.3) is 0 Å². The molecule has 7 heteroatoms. The predicted molar refractivity (Wildman–Crippen MR) is 112 cm³/mol. The van der Waals surface area contributed by atoms with Crippen molar-refractivity contribution in [3.05, 3.63) is 59.2 Å². The number of hydrogen-bond donors (Lipinski definition) is 1. The van der Waals surface area contributed by atoms with Crippen LogP contribution in [0.15, 0.2) is 42.5 Å². The third kappa shape index (κ3) is 4.61. The Bertz CT molecular complexity index is 973. The number of benzene rings is 2. The Morgan fingerprint density at radius 3 is 2.57 bits per heavy atom. The van der Waals surface area contributed by atoms with E-state index < -0.39 is 0 Å². The molecule has 2 aromatic rings. The van der Waals surface area contributed by atoms with Crippen LogP contribution >= 0.6 is 0 Å². The molecule has 2 aliphatic heterocycles. The Labute approximate surface area is 175 Å². The Morgan fingerprint density at radius 2 is 1.83 bits per heavy atom. The molecular formula is C23H24N4O3. The molecule has 0 aromatic heterocycles. The van der Waals surface area contributed by atoms with Crippen molar-refractivity contribution in [1.82, 2.24) is 9.80 Å². The first-order chi connectivity index (χ1) is 14.6. The van der Waals surface area contributed by atoms with E-state index in [1.165, 1.54) is 11.1 Å². The molecule has 1 saturated heterocycles. The predicted octanol–water partition coefficient (Wildman–Crippen LogP) is 2.43. The lowest BCUT2D eigenvalue weighted by atomic mass is 10.1. The molecule has 1 N–H and O–H groups in total. The van der Waals surface area contributed by atoms with E-state index in [9.17, 15) is 9.59 Å². The van der Waals surface area contributed by atoms with E-state index in [1.807, 2.05) is 11.0 Å². The molecule has 0 spiro atoms. The summed E-state index contributed by atoms with van der Waals surface area (Å²) in [6, 6.07) is 15.0. The summed E-state index contributed by atoms with van der Waals surface area (Å²) in [7, 11) is 0. The van der Waals surface area contributed by atoms with Crippen molar-refractivity contribution in [3.8, 4) is 11.8 Å². The maximum Gasteiger partial charge on any atom is 0.253 e. The molecule has 0 aliphatic carbocycles. The van der Waals surface area contributed by atoms with E-state index in [2.05, 4.69) is 28.4 Å². The van der Waals surface area contributed by atoms with Crippen molar-refractivity contribution in [3.63, 3.8) is 0 Å². The lowest BCUT2D eigenvalue weighted by Crippen LogP contribution is -2.48. The van der Waals surface area contributed by atoms with Crippen LogP contribution in [0.4, 0.5) is 5.69 Å². The summed E-state index contributed by atoms with van der Waals surface area (Å²) in [4.78, 5) is 28.5. The fourth-order valence-electron chi connectivity index (χ4n) is 3.86. The molecule has 0 atom stereocenters. The number of nitrogens with one attached hydrogen (secondary N) is 1. The van der Waals surface area contributed by atoms with Crippen LogP contribution in [0.5, 0.6) is 5.75 Å². The quantitative estimate of drug-likeness (QED) is 0.827. The highest BCUT2D eigenvalue weighted by atomic mass is 16.5. The van der Waals surface area contributed by atoms with Gasteiger partial charge in [0.15, 0.2) is 0 Å². The summed E-state index contributed by atoms with van der Waals surface area (Å²) in [6.07, 6.45) is 0.788. The van der Waals surface area contributed by atoms with Gasteiger partial charge < -0.3 is 15.0 Å². The average molecular weight is 404 g/mol. The van der Waals surface area contributed by atoms with E-state index in [1.54, 1.807) is 24.3 Å². The van der Waals surface area contributed by atoms with E-state index in [0.29, 0.717) is 24.3 Å². The van der Waals surface area contributed by atoms with Crippen molar-refractivity contribution >= 4 is 17.5 Å². The highest BCUT2D eigenvalue weighted by Gasteiger charge is 2.22. The number of nitrogens with zero attached hydrogens (tertiary/aromatic N) is 3. The van der Waals surface area contributed by atoms with E-state index in [4.69, 9.17) is 10.00 Å². The van der Waals surface area contributed by atoms with Gasteiger partial charge in [-0.15, -0.1) is 0 Å². The minimum absolute atomic E-state index is 0.000712. The van der Waals surface area contributed by atoms with Gasteiger partial charge >= 0.3 is 0 Å². The largest absolute Gasteiger partial charge is 0.493 e. The van der Waals surface area contributed by atoms with Crippen LogP contribution in [0.1, 0.15) is 27.9 Å². The number of piperazine rings is 1. The standard InChI is InChI=1S/C23H24N4O3/c24-9-7-22(28)25-20-4-2-18(3-5-20)23(29)27-12-10-26(11-13-27)16-17-1-6-21-19(15-17)8-14-30-21/h1-6,15H,7-8,10-14,16H2,(H,25,28). The first kappa shape index (κ1) is 19.9. The highest BCUT2D eigenvalue weighted by molar-refractivity contribution is 5.96. The minimum atomic E-state index is -0.358. The maximum atomic E-state index is 12.8. The molecule has 0 radical (unpaired) electrons. The monoisotopic (exact) mass is 404 g/mol. The average Bonchev–Trinajstić information content (AvgIpc) is 3.22. The summed E-state index contributed by atoms with van der Waals surface area (Å²) in [6.45, 7) is 4.70. The second-order valence-corrected chi connectivity index (χ2v) is 7.57. The number of hydrogen-bond acceptors (Lipinski definition) is 5. The molecule has 2 aromatic carbocycles. The molecule has 0 saturated carbocycles. The van der Waals surface area contributed by atoms with E-state index in [-0.39, 0.29) is 18.2 Å². The van der Waals surface area contributed by atoms with Crippen molar-refractivity contribution in [2.75, 3.05) is 38.1 Å². The molecule has 2 heterocycles. The highest BCUT2D eigenvalue weighted by Crippen LogP contribution is 2.26. The summed E-state index contributed by atoms with van der Waals surface area (Å²) in [5.74, 6) is 0.646. The van der Waals surface area contributed by atoms with Crippen LogP contribution in [0, 0.1) is 11.3 Å². The zero-order valence-electron chi connectivity index (χ0n) is 16.8. The third-order valence-corrected chi connectivity index (χ3v) is 5.47. The number of anilines is 1. The van der Waals surface area contributed by atoms with Crippen LogP contribution in [-0.4, -0.2) is 54.4 Å². The number of fused-ring (bicyclic) bond motifs is 1.